The number of rotatable bonds is 6. The number of carbonyl (C=O) groups is 2. The Balaban J connectivity index is 1.64. The molecule has 0 fully saturated rings. The van der Waals surface area contributed by atoms with E-state index in [2.05, 4.69) is 11.4 Å². The number of nitrogens with two attached hydrogens (primary N) is 1. The number of fused-ring (bicyclic) bond motifs is 1. The molecule has 0 saturated heterocycles. The fraction of sp³-hybridized carbons (Fsp3) is 0.222. The van der Waals surface area contributed by atoms with Crippen LogP contribution in [0.25, 0.3) is 0 Å². The van der Waals surface area contributed by atoms with Gasteiger partial charge in [0.05, 0.1) is 12.3 Å². The molecule has 0 saturated carbocycles. The summed E-state index contributed by atoms with van der Waals surface area (Å²) in [5, 5.41) is 3.18. The Labute approximate surface area is 145 Å². The molecule has 124 valence electrons. The average molecular weight is 341 g/mol. The third-order valence-corrected chi connectivity index (χ3v) is 4.97. The molecule has 5 nitrogen and oxygen atoms in total. The van der Waals surface area contributed by atoms with Gasteiger partial charge >= 0.3 is 0 Å². The summed E-state index contributed by atoms with van der Waals surface area (Å²) in [6.07, 6.45) is 0.896. The van der Waals surface area contributed by atoms with Gasteiger partial charge in [-0.15, -0.1) is 11.8 Å². The topological polar surface area (TPSA) is 75.4 Å². The Hall–Kier alpha value is -2.47. The third kappa shape index (κ3) is 3.71. The summed E-state index contributed by atoms with van der Waals surface area (Å²) in [7, 11) is 0. The highest BCUT2D eigenvalue weighted by molar-refractivity contribution is 8.00. The number of thioether (sulfide) groups is 1. The van der Waals surface area contributed by atoms with Crippen LogP contribution in [0.4, 0.5) is 11.4 Å². The Morgan fingerprint density at radius 1 is 1.12 bits per heavy atom. The molecule has 0 aliphatic carbocycles. The number of carbonyl (C=O) groups excluding carboxylic acids is 2. The van der Waals surface area contributed by atoms with Crippen LogP contribution in [0.5, 0.6) is 0 Å². The highest BCUT2D eigenvalue weighted by Gasteiger charge is 2.23. The van der Waals surface area contributed by atoms with Crippen LogP contribution in [0.3, 0.4) is 0 Å². The molecule has 2 amide bonds. The van der Waals surface area contributed by atoms with Crippen molar-refractivity contribution in [3.05, 3.63) is 54.1 Å². The van der Waals surface area contributed by atoms with E-state index < -0.39 is 0 Å². The zero-order chi connectivity index (χ0) is 16.9. The lowest BCUT2D eigenvalue weighted by molar-refractivity contribution is -0.117. The predicted molar refractivity (Wildman–Crippen MR) is 97.3 cm³/mol. The Bertz CT molecular complexity index is 763. The van der Waals surface area contributed by atoms with Crippen molar-refractivity contribution in [2.24, 2.45) is 5.73 Å². The van der Waals surface area contributed by atoms with Crippen molar-refractivity contribution in [2.75, 3.05) is 29.1 Å². The number of hydrogen-bond donors (Lipinski definition) is 2. The molecular formula is C18H19N3O2S. The Morgan fingerprint density at radius 3 is 2.71 bits per heavy atom. The van der Waals surface area contributed by atoms with Crippen molar-refractivity contribution >= 4 is 35.0 Å². The van der Waals surface area contributed by atoms with Crippen molar-refractivity contribution in [3.63, 3.8) is 0 Å². The van der Waals surface area contributed by atoms with Crippen molar-refractivity contribution in [3.8, 4) is 0 Å². The molecule has 2 aromatic carbocycles. The van der Waals surface area contributed by atoms with Crippen LogP contribution in [0.15, 0.2) is 53.4 Å². The SMILES string of the molecule is NC(=O)CSc1ccccc1NCC(=O)N1CCc2ccccc21. The molecule has 6 heteroatoms. The van der Waals surface area contributed by atoms with E-state index in [-0.39, 0.29) is 24.1 Å². The van der Waals surface area contributed by atoms with Gasteiger partial charge in [0, 0.05) is 22.8 Å². The quantitative estimate of drug-likeness (QED) is 0.790. The fourth-order valence-electron chi connectivity index (χ4n) is 2.75. The Morgan fingerprint density at radius 2 is 1.88 bits per heavy atom. The summed E-state index contributed by atoms with van der Waals surface area (Å²) in [4.78, 5) is 26.2. The number of amides is 2. The molecule has 0 radical (unpaired) electrons. The van der Waals surface area contributed by atoms with E-state index >= 15 is 0 Å². The average Bonchev–Trinajstić information content (AvgIpc) is 3.02. The molecule has 0 unspecified atom stereocenters. The summed E-state index contributed by atoms with van der Waals surface area (Å²) in [5.41, 5.74) is 8.25. The lowest BCUT2D eigenvalue weighted by Crippen LogP contribution is -2.34. The minimum absolute atomic E-state index is 0.0367. The molecule has 2 aromatic rings. The van der Waals surface area contributed by atoms with Gasteiger partial charge in [0.25, 0.3) is 0 Å². The third-order valence-electron chi connectivity index (χ3n) is 3.88. The molecule has 1 heterocycles. The fourth-order valence-corrected chi connectivity index (χ4v) is 3.52. The highest BCUT2D eigenvalue weighted by atomic mass is 32.2. The minimum atomic E-state index is -0.362. The first-order chi connectivity index (χ1) is 11.6. The van der Waals surface area contributed by atoms with E-state index in [1.807, 2.05) is 47.4 Å². The van der Waals surface area contributed by atoms with Crippen molar-refractivity contribution in [2.45, 2.75) is 11.3 Å². The zero-order valence-corrected chi connectivity index (χ0v) is 14.0. The van der Waals surface area contributed by atoms with E-state index in [1.54, 1.807) is 0 Å². The normalized spacial score (nSPS) is 12.8. The predicted octanol–water partition coefficient (Wildman–Crippen LogP) is 2.27. The minimum Gasteiger partial charge on any atom is -0.375 e. The zero-order valence-electron chi connectivity index (χ0n) is 13.2. The smallest absolute Gasteiger partial charge is 0.246 e. The lowest BCUT2D eigenvalue weighted by Gasteiger charge is -2.18. The molecule has 1 aliphatic rings. The number of hydrogen-bond acceptors (Lipinski definition) is 4. The van der Waals surface area contributed by atoms with Crippen LogP contribution >= 0.6 is 11.8 Å². The number of primary amides is 1. The number of para-hydroxylation sites is 2. The van der Waals surface area contributed by atoms with Gasteiger partial charge < -0.3 is 16.0 Å². The number of nitrogens with one attached hydrogen (secondary N) is 1. The van der Waals surface area contributed by atoms with Gasteiger partial charge in [0.1, 0.15) is 0 Å². The Kier molecular flexibility index (Phi) is 5.05. The maximum atomic E-state index is 12.5. The second kappa shape index (κ2) is 7.40. The molecule has 1 aliphatic heterocycles. The van der Waals surface area contributed by atoms with Gasteiger partial charge in [-0.1, -0.05) is 30.3 Å². The summed E-state index contributed by atoms with van der Waals surface area (Å²) >= 11 is 1.37. The van der Waals surface area contributed by atoms with E-state index in [9.17, 15) is 9.59 Å². The van der Waals surface area contributed by atoms with Crippen LogP contribution in [0.2, 0.25) is 0 Å². The summed E-state index contributed by atoms with van der Waals surface area (Å²) in [6.45, 7) is 0.931. The van der Waals surface area contributed by atoms with Crippen molar-refractivity contribution < 1.29 is 9.59 Å². The molecule has 3 rings (SSSR count). The molecule has 3 N–H and O–H groups in total. The van der Waals surface area contributed by atoms with E-state index in [0.29, 0.717) is 0 Å². The molecule has 0 spiro atoms. The molecular weight excluding hydrogens is 322 g/mol. The molecule has 24 heavy (non-hydrogen) atoms. The lowest BCUT2D eigenvalue weighted by atomic mass is 10.2. The highest BCUT2D eigenvalue weighted by Crippen LogP contribution is 2.29. The van der Waals surface area contributed by atoms with Gasteiger partial charge in [-0.25, -0.2) is 0 Å². The molecule has 0 atom stereocenters. The van der Waals surface area contributed by atoms with Gasteiger partial charge in [-0.05, 0) is 30.2 Å². The second-order valence-electron chi connectivity index (χ2n) is 5.53. The summed E-state index contributed by atoms with van der Waals surface area (Å²) in [5.74, 6) is -0.110. The monoisotopic (exact) mass is 341 g/mol. The van der Waals surface area contributed by atoms with Gasteiger partial charge in [0.2, 0.25) is 11.8 Å². The standard InChI is InChI=1S/C18H19N3O2S/c19-17(22)12-24-16-8-4-2-6-14(16)20-11-18(23)21-10-9-13-5-1-3-7-15(13)21/h1-8,20H,9-12H2,(H2,19,22). The van der Waals surface area contributed by atoms with E-state index in [1.165, 1.54) is 17.3 Å². The molecule has 0 bridgehead atoms. The second-order valence-corrected chi connectivity index (χ2v) is 6.55. The van der Waals surface area contributed by atoms with Crippen LogP contribution in [0, 0.1) is 0 Å². The van der Waals surface area contributed by atoms with Crippen LogP contribution in [-0.4, -0.2) is 30.7 Å². The first kappa shape index (κ1) is 16.4. The van der Waals surface area contributed by atoms with E-state index in [4.69, 9.17) is 5.73 Å². The van der Waals surface area contributed by atoms with Crippen LogP contribution in [-0.2, 0) is 16.0 Å². The number of anilines is 2. The maximum absolute atomic E-state index is 12.5. The summed E-state index contributed by atoms with van der Waals surface area (Å²) in [6, 6.07) is 15.6. The molecule has 0 aromatic heterocycles. The maximum Gasteiger partial charge on any atom is 0.246 e. The van der Waals surface area contributed by atoms with Gasteiger partial charge in [-0.3, -0.25) is 9.59 Å². The number of nitrogens with zero attached hydrogens (tertiary/aromatic N) is 1. The first-order valence-electron chi connectivity index (χ1n) is 7.77. The van der Waals surface area contributed by atoms with Crippen LogP contribution in [0.1, 0.15) is 5.56 Å². The largest absolute Gasteiger partial charge is 0.375 e. The van der Waals surface area contributed by atoms with Crippen LogP contribution < -0.4 is 16.0 Å². The first-order valence-corrected chi connectivity index (χ1v) is 8.76. The van der Waals surface area contributed by atoms with Gasteiger partial charge in [-0.2, -0.15) is 0 Å². The van der Waals surface area contributed by atoms with Crippen molar-refractivity contribution in [1.82, 2.24) is 0 Å². The van der Waals surface area contributed by atoms with Crippen molar-refractivity contribution in [1.29, 1.82) is 0 Å². The van der Waals surface area contributed by atoms with E-state index in [0.717, 1.165) is 29.2 Å². The summed E-state index contributed by atoms with van der Waals surface area (Å²) < 4.78 is 0. The number of benzene rings is 2. The van der Waals surface area contributed by atoms with Gasteiger partial charge in [0.15, 0.2) is 0 Å².